The highest BCUT2D eigenvalue weighted by Gasteiger charge is 2.13. The number of hydrogen-bond acceptors (Lipinski definition) is 4. The second-order valence-corrected chi connectivity index (χ2v) is 6.10. The largest absolute Gasteiger partial charge is 0.490 e. The number of benzene rings is 1. The van der Waals surface area contributed by atoms with Crippen molar-refractivity contribution < 1.29 is 14.3 Å². The third-order valence-electron chi connectivity index (χ3n) is 3.02. The predicted molar refractivity (Wildman–Crippen MR) is 83.4 cm³/mol. The van der Waals surface area contributed by atoms with E-state index in [0.717, 1.165) is 16.9 Å². The van der Waals surface area contributed by atoms with Crippen molar-refractivity contribution in [3.63, 3.8) is 0 Å². The fourth-order valence-corrected chi connectivity index (χ4v) is 1.92. The fraction of sp³-hybridized carbons (Fsp3) is 0.412. The summed E-state index contributed by atoms with van der Waals surface area (Å²) in [5.41, 5.74) is 1.91. The summed E-state index contributed by atoms with van der Waals surface area (Å²) >= 11 is 0. The van der Waals surface area contributed by atoms with E-state index < -0.39 is 6.10 Å². The molecule has 0 spiro atoms. The maximum absolute atomic E-state index is 9.99. The van der Waals surface area contributed by atoms with Crippen molar-refractivity contribution in [2.45, 2.75) is 32.4 Å². The van der Waals surface area contributed by atoms with E-state index in [-0.39, 0.29) is 12.1 Å². The van der Waals surface area contributed by atoms with Gasteiger partial charge in [0, 0.05) is 23.2 Å². The molecule has 0 radical (unpaired) electrons. The first-order valence-electron chi connectivity index (χ1n) is 7.13. The number of aliphatic hydroxyl groups excluding tert-OH is 1. The molecule has 1 aromatic heterocycles. The Morgan fingerprint density at radius 2 is 2.00 bits per heavy atom. The highest BCUT2D eigenvalue weighted by atomic mass is 16.5. The maximum Gasteiger partial charge on any atom is 0.127 e. The Morgan fingerprint density at radius 1 is 1.24 bits per heavy atom. The van der Waals surface area contributed by atoms with Crippen LogP contribution in [0.4, 0.5) is 0 Å². The van der Waals surface area contributed by atoms with Gasteiger partial charge in [0.15, 0.2) is 0 Å². The number of aliphatic hydroxyl groups is 1. The number of para-hydroxylation sites is 1. The summed E-state index contributed by atoms with van der Waals surface area (Å²) in [7, 11) is 0. The first-order valence-corrected chi connectivity index (χ1v) is 7.13. The van der Waals surface area contributed by atoms with Crippen LogP contribution >= 0.6 is 0 Å². The lowest BCUT2D eigenvalue weighted by atomic mass is 10.1. The van der Waals surface area contributed by atoms with Gasteiger partial charge in [-0.3, -0.25) is 0 Å². The molecule has 0 saturated heterocycles. The highest BCUT2D eigenvalue weighted by molar-refractivity contribution is 5.69. The molecule has 21 heavy (non-hydrogen) atoms. The SMILES string of the molecule is CC(C)(C)NCC(O)COc1ccccc1-c1ccoc1. The zero-order valence-corrected chi connectivity index (χ0v) is 12.8. The van der Waals surface area contributed by atoms with E-state index >= 15 is 0 Å². The molecule has 0 aliphatic heterocycles. The third kappa shape index (κ3) is 4.92. The van der Waals surface area contributed by atoms with Gasteiger partial charge in [0.25, 0.3) is 0 Å². The molecular formula is C17H23NO3. The van der Waals surface area contributed by atoms with Crippen molar-refractivity contribution in [2.75, 3.05) is 13.2 Å². The van der Waals surface area contributed by atoms with E-state index in [1.165, 1.54) is 0 Å². The standard InChI is InChI=1S/C17H23NO3/c1-17(2,3)18-10-14(19)12-21-16-7-5-4-6-15(16)13-8-9-20-11-13/h4-9,11,14,18-19H,10,12H2,1-3H3. The molecule has 114 valence electrons. The molecule has 0 amide bonds. The summed E-state index contributed by atoms with van der Waals surface area (Å²) in [6, 6.07) is 9.62. The van der Waals surface area contributed by atoms with Gasteiger partial charge in [-0.25, -0.2) is 0 Å². The number of rotatable bonds is 6. The zero-order chi connectivity index (χ0) is 15.3. The van der Waals surface area contributed by atoms with Gasteiger partial charge in [-0.15, -0.1) is 0 Å². The van der Waals surface area contributed by atoms with Crippen LogP contribution in [-0.4, -0.2) is 29.9 Å². The molecule has 1 heterocycles. The maximum atomic E-state index is 9.99. The van der Waals surface area contributed by atoms with Crippen LogP contribution in [0.1, 0.15) is 20.8 Å². The van der Waals surface area contributed by atoms with Gasteiger partial charge < -0.3 is 19.6 Å². The molecule has 4 nitrogen and oxygen atoms in total. The van der Waals surface area contributed by atoms with Crippen molar-refractivity contribution in [3.8, 4) is 16.9 Å². The quantitative estimate of drug-likeness (QED) is 0.858. The summed E-state index contributed by atoms with van der Waals surface area (Å²) in [5, 5.41) is 13.2. The monoisotopic (exact) mass is 289 g/mol. The third-order valence-corrected chi connectivity index (χ3v) is 3.02. The second-order valence-electron chi connectivity index (χ2n) is 6.10. The van der Waals surface area contributed by atoms with Crippen molar-refractivity contribution in [1.29, 1.82) is 0 Å². The van der Waals surface area contributed by atoms with Gasteiger partial charge in [0.05, 0.1) is 12.5 Å². The number of nitrogens with one attached hydrogen (secondary N) is 1. The van der Waals surface area contributed by atoms with Crippen molar-refractivity contribution in [1.82, 2.24) is 5.32 Å². The first-order chi connectivity index (χ1) is 9.96. The van der Waals surface area contributed by atoms with Crippen LogP contribution in [0.15, 0.2) is 47.3 Å². The molecule has 0 saturated carbocycles. The molecule has 0 fully saturated rings. The smallest absolute Gasteiger partial charge is 0.127 e. The Morgan fingerprint density at radius 3 is 2.67 bits per heavy atom. The molecule has 2 rings (SSSR count). The van der Waals surface area contributed by atoms with Crippen LogP contribution < -0.4 is 10.1 Å². The predicted octanol–water partition coefficient (Wildman–Crippen LogP) is 3.07. The van der Waals surface area contributed by atoms with E-state index in [2.05, 4.69) is 26.1 Å². The van der Waals surface area contributed by atoms with Gasteiger partial charge >= 0.3 is 0 Å². The van der Waals surface area contributed by atoms with E-state index in [4.69, 9.17) is 9.15 Å². The van der Waals surface area contributed by atoms with Crippen LogP contribution in [0.5, 0.6) is 5.75 Å². The highest BCUT2D eigenvalue weighted by Crippen LogP contribution is 2.29. The number of furan rings is 1. The van der Waals surface area contributed by atoms with E-state index in [9.17, 15) is 5.11 Å². The number of β-amino-alcohol motifs (C(OH)–C–C–N with tert-alkyl or cyclic N) is 1. The lowest BCUT2D eigenvalue weighted by Gasteiger charge is -2.23. The summed E-state index contributed by atoms with van der Waals surface area (Å²) in [6.45, 7) is 6.94. The minimum Gasteiger partial charge on any atom is -0.490 e. The summed E-state index contributed by atoms with van der Waals surface area (Å²) in [4.78, 5) is 0. The minimum absolute atomic E-state index is 0.0182. The number of hydrogen-bond donors (Lipinski definition) is 2. The van der Waals surface area contributed by atoms with Crippen LogP contribution in [0.2, 0.25) is 0 Å². The van der Waals surface area contributed by atoms with E-state index in [1.54, 1.807) is 12.5 Å². The average Bonchev–Trinajstić information content (AvgIpc) is 2.96. The molecular weight excluding hydrogens is 266 g/mol. The van der Waals surface area contributed by atoms with Gasteiger partial charge in [-0.1, -0.05) is 18.2 Å². The Hall–Kier alpha value is -1.78. The lowest BCUT2D eigenvalue weighted by molar-refractivity contribution is 0.100. The topological polar surface area (TPSA) is 54.6 Å². The van der Waals surface area contributed by atoms with Gasteiger partial charge in [-0.05, 0) is 32.9 Å². The summed E-state index contributed by atoms with van der Waals surface area (Å²) in [5.74, 6) is 0.744. The van der Waals surface area contributed by atoms with Gasteiger partial charge in [0.1, 0.15) is 18.5 Å². The molecule has 0 aliphatic carbocycles. The van der Waals surface area contributed by atoms with Crippen LogP contribution in [0.3, 0.4) is 0 Å². The van der Waals surface area contributed by atoms with E-state index in [1.807, 2.05) is 30.3 Å². The van der Waals surface area contributed by atoms with Crippen LogP contribution in [0, 0.1) is 0 Å². The minimum atomic E-state index is -0.554. The molecule has 2 aromatic rings. The Labute approximate surface area is 125 Å². The summed E-state index contributed by atoms with van der Waals surface area (Å²) < 4.78 is 10.9. The second kappa shape index (κ2) is 6.78. The Kier molecular flexibility index (Phi) is 5.04. The molecule has 2 N–H and O–H groups in total. The molecule has 4 heteroatoms. The van der Waals surface area contributed by atoms with Crippen LogP contribution in [0.25, 0.3) is 11.1 Å². The molecule has 0 aliphatic rings. The molecule has 1 atom stereocenters. The van der Waals surface area contributed by atoms with Crippen molar-refractivity contribution in [2.24, 2.45) is 0 Å². The fourth-order valence-electron chi connectivity index (χ4n) is 1.92. The van der Waals surface area contributed by atoms with E-state index in [0.29, 0.717) is 6.54 Å². The number of ether oxygens (including phenoxy) is 1. The zero-order valence-electron chi connectivity index (χ0n) is 12.8. The molecule has 0 bridgehead atoms. The molecule has 1 unspecified atom stereocenters. The Bertz CT molecular complexity index is 543. The molecule has 1 aromatic carbocycles. The van der Waals surface area contributed by atoms with Gasteiger partial charge in [-0.2, -0.15) is 0 Å². The average molecular weight is 289 g/mol. The van der Waals surface area contributed by atoms with Crippen LogP contribution in [-0.2, 0) is 0 Å². The first kappa shape index (κ1) is 15.6. The Balaban J connectivity index is 1.95. The van der Waals surface area contributed by atoms with Crippen molar-refractivity contribution >= 4 is 0 Å². The lowest BCUT2D eigenvalue weighted by Crippen LogP contribution is -2.42. The normalized spacial score (nSPS) is 13.1. The van der Waals surface area contributed by atoms with Gasteiger partial charge in [0.2, 0.25) is 0 Å². The van der Waals surface area contributed by atoms with Crippen molar-refractivity contribution in [3.05, 3.63) is 42.9 Å². The summed E-state index contributed by atoms with van der Waals surface area (Å²) in [6.07, 6.45) is 2.76.